The third kappa shape index (κ3) is 2.88. The van der Waals surface area contributed by atoms with Gasteiger partial charge in [-0.05, 0) is 39.5 Å². The van der Waals surface area contributed by atoms with E-state index < -0.39 is 0 Å². The van der Waals surface area contributed by atoms with Gasteiger partial charge in [-0.1, -0.05) is 0 Å². The van der Waals surface area contributed by atoms with E-state index in [0.717, 1.165) is 12.8 Å². The number of ether oxygens (including phenoxy) is 1. The molecule has 0 amide bonds. The summed E-state index contributed by atoms with van der Waals surface area (Å²) in [5.74, 6) is 0.704. The summed E-state index contributed by atoms with van der Waals surface area (Å²) in [7, 11) is 2.04. The number of nitrogens with zero attached hydrogens (tertiary/aromatic N) is 2. The molecule has 4 nitrogen and oxygen atoms in total. The summed E-state index contributed by atoms with van der Waals surface area (Å²) in [6, 6.07) is 1.02. The Hall–Kier alpha value is -0.770. The lowest BCUT2D eigenvalue weighted by atomic mass is 9.90. The van der Waals surface area contributed by atoms with Gasteiger partial charge in [0, 0.05) is 13.1 Å². The molecule has 0 aromatic heterocycles. The lowest BCUT2D eigenvalue weighted by Gasteiger charge is -2.34. The highest BCUT2D eigenvalue weighted by Gasteiger charge is 2.32. The van der Waals surface area contributed by atoms with Crippen LogP contribution in [0.2, 0.25) is 0 Å². The predicted octanol–water partition coefficient (Wildman–Crippen LogP) is 1.35. The van der Waals surface area contributed by atoms with E-state index >= 15 is 0 Å². The molecule has 2 aliphatic rings. The molecule has 0 spiro atoms. The predicted molar refractivity (Wildman–Crippen MR) is 65.4 cm³/mol. The van der Waals surface area contributed by atoms with Gasteiger partial charge in [-0.2, -0.15) is 0 Å². The Morgan fingerprint density at radius 1 is 1.38 bits per heavy atom. The van der Waals surface area contributed by atoms with Crippen molar-refractivity contribution in [2.45, 2.75) is 63.8 Å². The summed E-state index contributed by atoms with van der Waals surface area (Å²) in [4.78, 5) is 6.65. The Balaban J connectivity index is 1.72. The SMILES string of the molecule is CC(C)OC1CC(N=C(N)N(C)C2CC2)C1. The van der Waals surface area contributed by atoms with Gasteiger partial charge in [0.2, 0.25) is 0 Å². The molecule has 0 heterocycles. The molecule has 2 aliphatic carbocycles. The van der Waals surface area contributed by atoms with Gasteiger partial charge in [0.15, 0.2) is 5.96 Å². The van der Waals surface area contributed by atoms with Gasteiger partial charge in [0.25, 0.3) is 0 Å². The third-order valence-electron chi connectivity index (χ3n) is 3.31. The Labute approximate surface area is 97.9 Å². The summed E-state index contributed by atoms with van der Waals surface area (Å²) in [6.07, 6.45) is 5.29. The highest BCUT2D eigenvalue weighted by molar-refractivity contribution is 5.78. The van der Waals surface area contributed by atoms with Crippen molar-refractivity contribution in [1.82, 2.24) is 4.90 Å². The highest BCUT2D eigenvalue weighted by atomic mass is 16.5. The molecule has 0 unspecified atom stereocenters. The smallest absolute Gasteiger partial charge is 0.191 e. The molecule has 2 fully saturated rings. The molecule has 0 bridgehead atoms. The number of guanidine groups is 1. The number of nitrogens with two attached hydrogens (primary N) is 1. The number of rotatable bonds is 4. The molecule has 92 valence electrons. The molecule has 2 saturated carbocycles. The van der Waals surface area contributed by atoms with Crippen LogP contribution in [0.3, 0.4) is 0 Å². The van der Waals surface area contributed by atoms with Crippen LogP contribution in [0.4, 0.5) is 0 Å². The Bertz CT molecular complexity index is 267. The van der Waals surface area contributed by atoms with Gasteiger partial charge in [0.05, 0.1) is 18.2 Å². The van der Waals surface area contributed by atoms with Crippen LogP contribution in [-0.2, 0) is 4.74 Å². The van der Waals surface area contributed by atoms with Crippen molar-refractivity contribution in [3.8, 4) is 0 Å². The molecule has 4 heteroatoms. The van der Waals surface area contributed by atoms with Gasteiger partial charge in [-0.3, -0.25) is 0 Å². The van der Waals surface area contributed by atoms with Crippen LogP contribution in [0, 0.1) is 0 Å². The van der Waals surface area contributed by atoms with Crippen LogP contribution in [0.5, 0.6) is 0 Å². The number of hydrogen-bond donors (Lipinski definition) is 1. The van der Waals surface area contributed by atoms with Gasteiger partial charge < -0.3 is 15.4 Å². The minimum Gasteiger partial charge on any atom is -0.375 e. The van der Waals surface area contributed by atoms with Crippen molar-refractivity contribution < 1.29 is 4.74 Å². The van der Waals surface area contributed by atoms with Crippen LogP contribution in [0.1, 0.15) is 39.5 Å². The average molecular weight is 225 g/mol. The second-order valence-electron chi connectivity index (χ2n) is 5.26. The van der Waals surface area contributed by atoms with Crippen LogP contribution in [-0.4, -0.2) is 42.2 Å². The summed E-state index contributed by atoms with van der Waals surface area (Å²) < 4.78 is 5.69. The van der Waals surface area contributed by atoms with Crippen molar-refractivity contribution in [2.75, 3.05) is 7.05 Å². The molecule has 0 aliphatic heterocycles. The molecule has 0 radical (unpaired) electrons. The Morgan fingerprint density at radius 2 is 2.00 bits per heavy atom. The molecular formula is C12H23N3O. The zero-order chi connectivity index (χ0) is 11.7. The maximum Gasteiger partial charge on any atom is 0.191 e. The van der Waals surface area contributed by atoms with Crippen molar-refractivity contribution in [1.29, 1.82) is 0 Å². The van der Waals surface area contributed by atoms with E-state index in [-0.39, 0.29) is 0 Å². The Morgan fingerprint density at radius 3 is 2.50 bits per heavy atom. The summed E-state index contributed by atoms with van der Waals surface area (Å²) in [5, 5.41) is 0. The standard InChI is InChI=1S/C12H23N3O/c1-8(2)16-11-6-9(7-11)14-12(13)15(3)10-4-5-10/h8-11H,4-7H2,1-3H3,(H2,13,14). The van der Waals surface area contributed by atoms with E-state index in [0.29, 0.717) is 30.3 Å². The lowest BCUT2D eigenvalue weighted by molar-refractivity contribution is -0.0430. The molecule has 2 rings (SSSR count). The summed E-state index contributed by atoms with van der Waals surface area (Å²) in [6.45, 7) is 4.15. The molecule has 0 saturated heterocycles. The van der Waals surface area contributed by atoms with Gasteiger partial charge in [-0.15, -0.1) is 0 Å². The normalized spacial score (nSPS) is 30.4. The monoisotopic (exact) mass is 225 g/mol. The molecule has 0 aromatic carbocycles. The molecule has 16 heavy (non-hydrogen) atoms. The maximum absolute atomic E-state index is 5.95. The van der Waals surface area contributed by atoms with E-state index in [1.165, 1.54) is 12.8 Å². The minimum absolute atomic E-state index is 0.321. The number of aliphatic imine (C=N–C) groups is 1. The number of hydrogen-bond acceptors (Lipinski definition) is 2. The first-order valence-corrected chi connectivity index (χ1v) is 6.28. The topological polar surface area (TPSA) is 50.9 Å². The zero-order valence-electron chi connectivity index (χ0n) is 10.5. The maximum atomic E-state index is 5.95. The van der Waals surface area contributed by atoms with Crippen LogP contribution < -0.4 is 5.73 Å². The largest absolute Gasteiger partial charge is 0.375 e. The van der Waals surface area contributed by atoms with Gasteiger partial charge in [0.1, 0.15) is 0 Å². The van der Waals surface area contributed by atoms with E-state index in [2.05, 4.69) is 23.7 Å². The first-order valence-electron chi connectivity index (χ1n) is 6.28. The molecule has 2 N–H and O–H groups in total. The van der Waals surface area contributed by atoms with Gasteiger partial charge >= 0.3 is 0 Å². The van der Waals surface area contributed by atoms with Crippen LogP contribution in [0.25, 0.3) is 0 Å². The zero-order valence-corrected chi connectivity index (χ0v) is 10.5. The van der Waals surface area contributed by atoms with E-state index in [9.17, 15) is 0 Å². The quantitative estimate of drug-likeness (QED) is 0.580. The van der Waals surface area contributed by atoms with Crippen molar-refractivity contribution in [3.63, 3.8) is 0 Å². The van der Waals surface area contributed by atoms with Gasteiger partial charge in [-0.25, -0.2) is 4.99 Å². The lowest BCUT2D eigenvalue weighted by Crippen LogP contribution is -2.41. The summed E-state index contributed by atoms with van der Waals surface area (Å²) >= 11 is 0. The first kappa shape index (κ1) is 11.7. The molecule has 0 aromatic rings. The third-order valence-corrected chi connectivity index (χ3v) is 3.31. The second kappa shape index (κ2) is 4.62. The van der Waals surface area contributed by atoms with E-state index in [1.54, 1.807) is 0 Å². The average Bonchev–Trinajstić information content (AvgIpc) is 2.95. The van der Waals surface area contributed by atoms with Crippen molar-refractivity contribution in [2.24, 2.45) is 10.7 Å². The van der Waals surface area contributed by atoms with Crippen LogP contribution in [0.15, 0.2) is 4.99 Å². The van der Waals surface area contributed by atoms with Crippen LogP contribution >= 0.6 is 0 Å². The molecular weight excluding hydrogens is 202 g/mol. The molecule has 0 atom stereocenters. The van der Waals surface area contributed by atoms with E-state index in [4.69, 9.17) is 10.5 Å². The summed E-state index contributed by atoms with van der Waals surface area (Å²) in [5.41, 5.74) is 5.95. The second-order valence-corrected chi connectivity index (χ2v) is 5.26. The first-order chi connectivity index (χ1) is 7.56. The highest BCUT2D eigenvalue weighted by Crippen LogP contribution is 2.29. The fraction of sp³-hybridized carbons (Fsp3) is 0.917. The van der Waals surface area contributed by atoms with E-state index in [1.807, 2.05) is 7.05 Å². The Kier molecular flexibility index (Phi) is 3.38. The van der Waals surface area contributed by atoms with Crippen molar-refractivity contribution >= 4 is 5.96 Å². The van der Waals surface area contributed by atoms with Crippen molar-refractivity contribution in [3.05, 3.63) is 0 Å². The fourth-order valence-electron chi connectivity index (χ4n) is 2.07. The fourth-order valence-corrected chi connectivity index (χ4v) is 2.07. The minimum atomic E-state index is 0.321.